The van der Waals surface area contributed by atoms with Gasteiger partial charge in [0.1, 0.15) is 12.0 Å². The number of rotatable bonds is 5. The minimum absolute atomic E-state index is 0.265. The van der Waals surface area contributed by atoms with Crippen molar-refractivity contribution < 1.29 is 14.4 Å². The molecule has 0 aliphatic carbocycles. The Bertz CT molecular complexity index is 1160. The lowest BCUT2D eigenvalue weighted by atomic mass is 9.95. The summed E-state index contributed by atoms with van der Waals surface area (Å²) in [6.07, 6.45) is 3.30. The van der Waals surface area contributed by atoms with Crippen LogP contribution in [0.5, 0.6) is 0 Å². The molecule has 1 aliphatic heterocycles. The minimum Gasteiger partial charge on any atom is -0.351 e. The Morgan fingerprint density at radius 2 is 1.72 bits per heavy atom. The van der Waals surface area contributed by atoms with Crippen LogP contribution >= 0.6 is 0 Å². The summed E-state index contributed by atoms with van der Waals surface area (Å²) in [4.78, 5) is 44.4. The van der Waals surface area contributed by atoms with Crippen molar-refractivity contribution in [3.05, 3.63) is 84.2 Å². The van der Waals surface area contributed by atoms with Crippen LogP contribution in [0.2, 0.25) is 0 Å². The van der Waals surface area contributed by atoms with E-state index in [2.05, 4.69) is 15.6 Å². The number of amides is 3. The third kappa shape index (κ3) is 4.09. The van der Waals surface area contributed by atoms with E-state index < -0.39 is 23.8 Å². The van der Waals surface area contributed by atoms with E-state index in [1.54, 1.807) is 30.4 Å². The lowest BCUT2D eigenvalue weighted by Crippen LogP contribution is -2.45. The van der Waals surface area contributed by atoms with Crippen LogP contribution in [-0.2, 0) is 20.9 Å². The Balaban J connectivity index is 1.55. The molecular formula is C25H24N4O3. The normalized spacial score (nSPS) is 15.8. The third-order valence-corrected chi connectivity index (χ3v) is 5.67. The highest BCUT2D eigenvalue weighted by Gasteiger charge is 2.34. The van der Waals surface area contributed by atoms with Gasteiger partial charge in [-0.15, -0.1) is 0 Å². The number of anilines is 1. The molecule has 2 heterocycles. The van der Waals surface area contributed by atoms with Gasteiger partial charge in [0.25, 0.3) is 5.91 Å². The van der Waals surface area contributed by atoms with Gasteiger partial charge in [-0.3, -0.25) is 19.4 Å². The first-order valence-electron chi connectivity index (χ1n) is 10.4. The van der Waals surface area contributed by atoms with E-state index in [1.807, 2.05) is 54.6 Å². The fourth-order valence-corrected chi connectivity index (χ4v) is 3.80. The molecule has 162 valence electrons. The van der Waals surface area contributed by atoms with Crippen LogP contribution in [0, 0.1) is 5.92 Å². The standard InChI is InChI=1S/C25H24N4O3/c1-16(23(30)27-15-17-8-7-13-26-14-17)24(31)28-22-20-11-4-3-9-18(20)19-10-5-6-12-21(19)29(2)25(22)32/h3-14,16,22H,15H2,1-2H3,(H,27,30)(H,28,31). The molecule has 1 aliphatic rings. The van der Waals surface area contributed by atoms with Crippen molar-refractivity contribution >= 4 is 23.4 Å². The maximum Gasteiger partial charge on any atom is 0.253 e. The van der Waals surface area contributed by atoms with Crippen LogP contribution in [0.1, 0.15) is 24.1 Å². The maximum absolute atomic E-state index is 13.3. The van der Waals surface area contributed by atoms with Crippen LogP contribution in [0.3, 0.4) is 0 Å². The van der Waals surface area contributed by atoms with E-state index in [4.69, 9.17) is 0 Å². The molecule has 0 radical (unpaired) electrons. The summed E-state index contributed by atoms with van der Waals surface area (Å²) in [5.74, 6) is -2.17. The smallest absolute Gasteiger partial charge is 0.253 e. The predicted molar refractivity (Wildman–Crippen MR) is 121 cm³/mol. The number of fused-ring (bicyclic) bond motifs is 3. The molecule has 2 unspecified atom stereocenters. The third-order valence-electron chi connectivity index (χ3n) is 5.67. The number of nitrogens with zero attached hydrogens (tertiary/aromatic N) is 2. The molecule has 4 rings (SSSR count). The van der Waals surface area contributed by atoms with E-state index in [9.17, 15) is 14.4 Å². The number of hydrogen-bond acceptors (Lipinski definition) is 4. The molecule has 0 saturated carbocycles. The zero-order valence-electron chi connectivity index (χ0n) is 17.9. The first-order valence-corrected chi connectivity index (χ1v) is 10.4. The largest absolute Gasteiger partial charge is 0.351 e. The average Bonchev–Trinajstić information content (AvgIpc) is 2.92. The van der Waals surface area contributed by atoms with Gasteiger partial charge < -0.3 is 15.5 Å². The molecule has 32 heavy (non-hydrogen) atoms. The highest BCUT2D eigenvalue weighted by atomic mass is 16.2. The molecular weight excluding hydrogens is 404 g/mol. The molecule has 3 amide bonds. The highest BCUT2D eigenvalue weighted by molar-refractivity contribution is 6.07. The van der Waals surface area contributed by atoms with Crippen molar-refractivity contribution in [3.63, 3.8) is 0 Å². The van der Waals surface area contributed by atoms with Crippen molar-refractivity contribution in [1.29, 1.82) is 0 Å². The molecule has 7 nitrogen and oxygen atoms in total. The van der Waals surface area contributed by atoms with Gasteiger partial charge in [0.05, 0.1) is 5.69 Å². The minimum atomic E-state index is -0.970. The Labute approximate surface area is 186 Å². The van der Waals surface area contributed by atoms with Crippen molar-refractivity contribution in [2.45, 2.75) is 19.5 Å². The van der Waals surface area contributed by atoms with Crippen molar-refractivity contribution in [1.82, 2.24) is 15.6 Å². The van der Waals surface area contributed by atoms with E-state index >= 15 is 0 Å². The van der Waals surface area contributed by atoms with Crippen LogP contribution in [0.25, 0.3) is 11.1 Å². The SMILES string of the molecule is CC(C(=O)NCc1cccnc1)C(=O)NC1C(=O)N(C)c2ccccc2-c2ccccc21. The highest BCUT2D eigenvalue weighted by Crippen LogP contribution is 2.39. The first-order chi connectivity index (χ1) is 15.5. The fraction of sp³-hybridized carbons (Fsp3) is 0.200. The van der Waals surface area contributed by atoms with E-state index in [0.29, 0.717) is 5.56 Å². The number of para-hydroxylation sites is 1. The second-order valence-electron chi connectivity index (χ2n) is 7.74. The summed E-state index contributed by atoms with van der Waals surface area (Å²) in [6.45, 7) is 1.80. The molecule has 2 aromatic carbocycles. The number of benzene rings is 2. The van der Waals surface area contributed by atoms with Gasteiger partial charge in [0.2, 0.25) is 11.8 Å². The Hall–Kier alpha value is -4.00. The van der Waals surface area contributed by atoms with Gasteiger partial charge in [-0.05, 0) is 35.7 Å². The quantitative estimate of drug-likeness (QED) is 0.612. The number of carbonyl (C=O) groups is 3. The van der Waals surface area contributed by atoms with Gasteiger partial charge in [-0.1, -0.05) is 48.5 Å². The van der Waals surface area contributed by atoms with Crippen molar-refractivity contribution in [2.24, 2.45) is 5.92 Å². The summed E-state index contributed by atoms with van der Waals surface area (Å²) in [5, 5.41) is 5.55. The summed E-state index contributed by atoms with van der Waals surface area (Å²) in [6, 6.07) is 17.9. The molecule has 0 bridgehead atoms. The topological polar surface area (TPSA) is 91.4 Å². The molecule has 0 saturated heterocycles. The Morgan fingerprint density at radius 3 is 2.47 bits per heavy atom. The number of carbonyl (C=O) groups excluding carboxylic acids is 3. The molecule has 0 spiro atoms. The molecule has 7 heteroatoms. The van der Waals surface area contributed by atoms with Crippen molar-refractivity contribution in [2.75, 3.05) is 11.9 Å². The zero-order chi connectivity index (χ0) is 22.7. The Morgan fingerprint density at radius 1 is 1.00 bits per heavy atom. The van der Waals surface area contributed by atoms with E-state index in [-0.39, 0.29) is 12.5 Å². The lowest BCUT2D eigenvalue weighted by molar-refractivity contribution is -0.136. The number of nitrogens with one attached hydrogen (secondary N) is 2. The van der Waals surface area contributed by atoms with E-state index in [1.165, 1.54) is 6.92 Å². The molecule has 1 aromatic heterocycles. The van der Waals surface area contributed by atoms with Gasteiger partial charge in [0.15, 0.2) is 0 Å². The average molecular weight is 428 g/mol. The molecule has 2 atom stereocenters. The lowest BCUT2D eigenvalue weighted by Gasteiger charge is -2.24. The fourth-order valence-electron chi connectivity index (χ4n) is 3.80. The van der Waals surface area contributed by atoms with Crippen LogP contribution in [0.15, 0.2) is 73.1 Å². The van der Waals surface area contributed by atoms with Crippen LogP contribution in [0.4, 0.5) is 5.69 Å². The second kappa shape index (κ2) is 9.01. The summed E-state index contributed by atoms with van der Waals surface area (Å²) < 4.78 is 0. The summed E-state index contributed by atoms with van der Waals surface area (Å²) in [7, 11) is 1.69. The number of likely N-dealkylation sites (N-methyl/N-ethyl adjacent to an activating group) is 1. The van der Waals surface area contributed by atoms with Crippen molar-refractivity contribution in [3.8, 4) is 11.1 Å². The van der Waals surface area contributed by atoms with Gasteiger partial charge in [-0.25, -0.2) is 0 Å². The summed E-state index contributed by atoms with van der Waals surface area (Å²) in [5.41, 5.74) is 4.09. The first kappa shape index (κ1) is 21.2. The second-order valence-corrected chi connectivity index (χ2v) is 7.74. The molecule has 0 fully saturated rings. The molecule has 3 aromatic rings. The Kier molecular flexibility index (Phi) is 5.98. The molecule has 2 N–H and O–H groups in total. The maximum atomic E-state index is 13.3. The number of aromatic nitrogens is 1. The van der Waals surface area contributed by atoms with Gasteiger partial charge in [0, 0.05) is 31.5 Å². The number of hydrogen-bond donors (Lipinski definition) is 2. The monoisotopic (exact) mass is 428 g/mol. The van der Waals surface area contributed by atoms with Gasteiger partial charge in [-0.2, -0.15) is 0 Å². The van der Waals surface area contributed by atoms with Gasteiger partial charge >= 0.3 is 0 Å². The van der Waals surface area contributed by atoms with Crippen LogP contribution in [-0.4, -0.2) is 29.8 Å². The van der Waals surface area contributed by atoms with Crippen LogP contribution < -0.4 is 15.5 Å². The zero-order valence-corrected chi connectivity index (χ0v) is 17.9. The van der Waals surface area contributed by atoms with E-state index in [0.717, 1.165) is 22.4 Å². The summed E-state index contributed by atoms with van der Waals surface area (Å²) >= 11 is 0. The predicted octanol–water partition coefficient (Wildman–Crippen LogP) is 2.83. The number of pyridine rings is 1.